The number of aromatic nitrogens is 1. The zero-order valence-corrected chi connectivity index (χ0v) is 21.3. The van der Waals surface area contributed by atoms with Gasteiger partial charge < -0.3 is 18.9 Å². The molecule has 4 rings (SSSR count). The van der Waals surface area contributed by atoms with Crippen LogP contribution in [0.25, 0.3) is 10.9 Å². The topological polar surface area (TPSA) is 43.7 Å². The lowest BCUT2D eigenvalue weighted by Crippen LogP contribution is -2.31. The van der Waals surface area contributed by atoms with E-state index in [1.54, 1.807) is 26.4 Å². The fourth-order valence-electron chi connectivity index (χ4n) is 4.79. The summed E-state index contributed by atoms with van der Waals surface area (Å²) in [6, 6.07) is 20.6. The Kier molecular flexibility index (Phi) is 7.93. The second-order valence-corrected chi connectivity index (χ2v) is 8.82. The maximum atomic E-state index is 13.5. The van der Waals surface area contributed by atoms with Crippen LogP contribution in [0.2, 0.25) is 0 Å². The third kappa shape index (κ3) is 5.38. The van der Waals surface area contributed by atoms with E-state index in [0.717, 1.165) is 27.6 Å². The lowest BCUT2D eigenvalue weighted by molar-refractivity contribution is -0.131. The summed E-state index contributed by atoms with van der Waals surface area (Å²) < 4.78 is 26.7. The van der Waals surface area contributed by atoms with Gasteiger partial charge in [0.1, 0.15) is 17.3 Å². The summed E-state index contributed by atoms with van der Waals surface area (Å²) >= 11 is 0. The lowest BCUT2D eigenvalue weighted by atomic mass is 9.87. The molecule has 188 valence electrons. The third-order valence-corrected chi connectivity index (χ3v) is 6.73. The largest absolute Gasteiger partial charge is 0.497 e. The van der Waals surface area contributed by atoms with Crippen molar-refractivity contribution in [1.29, 1.82) is 0 Å². The highest BCUT2D eigenvalue weighted by Crippen LogP contribution is 2.38. The molecule has 0 aliphatic carbocycles. The molecule has 0 spiro atoms. The third-order valence-electron chi connectivity index (χ3n) is 6.73. The van der Waals surface area contributed by atoms with Crippen LogP contribution in [0.4, 0.5) is 4.39 Å². The zero-order chi connectivity index (χ0) is 25.7. The minimum absolute atomic E-state index is 0.0992. The van der Waals surface area contributed by atoms with Crippen LogP contribution in [-0.4, -0.2) is 42.7 Å². The molecule has 0 bridgehead atoms. The second-order valence-electron chi connectivity index (χ2n) is 8.82. The standard InChI is InChI=1S/C30H33FN2O3/c1-5-32(6-2)30(34)18-27(22-15-24(35-3)17-25(16-22)36-4)28-20-33(29-10-8-7-9-26(28)29)19-21-11-13-23(31)14-12-21/h7-17,20,27H,5-6,18-19H2,1-4H3/t27-/m0/s1. The number of hydrogen-bond acceptors (Lipinski definition) is 3. The van der Waals surface area contributed by atoms with E-state index in [2.05, 4.69) is 22.9 Å². The van der Waals surface area contributed by atoms with Gasteiger partial charge in [0, 0.05) is 55.1 Å². The zero-order valence-electron chi connectivity index (χ0n) is 21.3. The lowest BCUT2D eigenvalue weighted by Gasteiger charge is -2.24. The Labute approximate surface area is 212 Å². The molecule has 5 nitrogen and oxygen atoms in total. The number of fused-ring (bicyclic) bond motifs is 1. The summed E-state index contributed by atoms with van der Waals surface area (Å²) in [7, 11) is 3.26. The monoisotopic (exact) mass is 488 g/mol. The molecule has 4 aromatic rings. The number of hydrogen-bond donors (Lipinski definition) is 0. The molecule has 0 saturated carbocycles. The van der Waals surface area contributed by atoms with Crippen LogP contribution >= 0.6 is 0 Å². The van der Waals surface area contributed by atoms with Crippen LogP contribution in [0.3, 0.4) is 0 Å². The smallest absolute Gasteiger partial charge is 0.223 e. The predicted octanol–water partition coefficient (Wildman–Crippen LogP) is 6.24. The van der Waals surface area contributed by atoms with Crippen molar-refractivity contribution in [2.24, 2.45) is 0 Å². The Balaban J connectivity index is 1.85. The first-order valence-electron chi connectivity index (χ1n) is 12.3. The van der Waals surface area contributed by atoms with E-state index in [0.29, 0.717) is 37.6 Å². The van der Waals surface area contributed by atoms with E-state index >= 15 is 0 Å². The molecule has 0 aliphatic rings. The molecule has 1 heterocycles. The number of methoxy groups -OCH3 is 2. The van der Waals surface area contributed by atoms with Crippen molar-refractivity contribution in [2.45, 2.75) is 32.7 Å². The van der Waals surface area contributed by atoms with Gasteiger partial charge in [0.05, 0.1) is 14.2 Å². The molecule has 6 heteroatoms. The van der Waals surface area contributed by atoms with Gasteiger partial charge in [0.15, 0.2) is 0 Å². The molecule has 0 aliphatic heterocycles. The highest BCUT2D eigenvalue weighted by molar-refractivity contribution is 5.87. The van der Waals surface area contributed by atoms with Gasteiger partial charge in [0.25, 0.3) is 0 Å². The summed E-state index contributed by atoms with van der Waals surface area (Å²) in [5.74, 6) is 1.00. The van der Waals surface area contributed by atoms with Crippen LogP contribution in [-0.2, 0) is 11.3 Å². The molecule has 0 fully saturated rings. The average Bonchev–Trinajstić information content (AvgIpc) is 3.26. The molecule has 0 saturated heterocycles. The Morgan fingerprint density at radius 1 is 0.944 bits per heavy atom. The highest BCUT2D eigenvalue weighted by Gasteiger charge is 2.25. The molecule has 0 unspecified atom stereocenters. The molecule has 1 atom stereocenters. The Morgan fingerprint density at radius 3 is 2.19 bits per heavy atom. The summed E-state index contributed by atoms with van der Waals surface area (Å²) in [5.41, 5.74) is 4.08. The molecular weight excluding hydrogens is 455 g/mol. The van der Waals surface area contributed by atoms with Crippen LogP contribution in [0.5, 0.6) is 11.5 Å². The number of para-hydroxylation sites is 1. The Morgan fingerprint density at radius 2 is 1.58 bits per heavy atom. The van der Waals surface area contributed by atoms with Gasteiger partial charge in [-0.05, 0) is 60.9 Å². The van der Waals surface area contributed by atoms with E-state index in [1.807, 2.05) is 49.1 Å². The van der Waals surface area contributed by atoms with Crippen LogP contribution in [0, 0.1) is 5.82 Å². The van der Waals surface area contributed by atoms with Gasteiger partial charge in [-0.2, -0.15) is 0 Å². The van der Waals surface area contributed by atoms with E-state index < -0.39 is 0 Å². The Bertz CT molecular complexity index is 1300. The summed E-state index contributed by atoms with van der Waals surface area (Å²) in [4.78, 5) is 15.2. The number of rotatable bonds is 10. The van der Waals surface area contributed by atoms with Gasteiger partial charge in [-0.1, -0.05) is 30.3 Å². The molecule has 0 N–H and O–H groups in total. The fourth-order valence-corrected chi connectivity index (χ4v) is 4.79. The first-order valence-corrected chi connectivity index (χ1v) is 12.3. The molecular formula is C30H33FN2O3. The average molecular weight is 489 g/mol. The molecule has 1 aromatic heterocycles. The first-order chi connectivity index (χ1) is 17.5. The van der Waals surface area contributed by atoms with Gasteiger partial charge in [-0.3, -0.25) is 4.79 Å². The van der Waals surface area contributed by atoms with E-state index in [1.165, 1.54) is 12.1 Å². The summed E-state index contributed by atoms with van der Waals surface area (Å²) in [6.07, 6.45) is 2.45. The van der Waals surface area contributed by atoms with Crippen LogP contribution < -0.4 is 9.47 Å². The number of carbonyl (C=O) groups is 1. The van der Waals surface area contributed by atoms with Gasteiger partial charge in [-0.15, -0.1) is 0 Å². The van der Waals surface area contributed by atoms with Crippen molar-refractivity contribution in [3.8, 4) is 11.5 Å². The fraction of sp³-hybridized carbons (Fsp3) is 0.300. The molecule has 0 radical (unpaired) electrons. The first kappa shape index (κ1) is 25.3. The SMILES string of the molecule is CCN(CC)C(=O)C[C@@H](c1cc(OC)cc(OC)c1)c1cn(Cc2ccc(F)cc2)c2ccccc12. The van der Waals surface area contributed by atoms with E-state index in [4.69, 9.17) is 9.47 Å². The van der Waals surface area contributed by atoms with Crippen molar-refractivity contribution in [2.75, 3.05) is 27.3 Å². The van der Waals surface area contributed by atoms with Crippen molar-refractivity contribution in [1.82, 2.24) is 9.47 Å². The van der Waals surface area contributed by atoms with Gasteiger partial charge in [0.2, 0.25) is 5.91 Å². The van der Waals surface area contributed by atoms with Gasteiger partial charge in [-0.25, -0.2) is 4.39 Å². The number of carbonyl (C=O) groups excluding carboxylic acids is 1. The summed E-state index contributed by atoms with van der Waals surface area (Å²) in [5, 5.41) is 1.08. The van der Waals surface area contributed by atoms with Crippen molar-refractivity contribution in [3.63, 3.8) is 0 Å². The minimum atomic E-state index is -0.251. The summed E-state index contributed by atoms with van der Waals surface area (Å²) in [6.45, 7) is 5.92. The molecule has 3 aromatic carbocycles. The van der Waals surface area contributed by atoms with Crippen molar-refractivity contribution < 1.29 is 18.7 Å². The number of amides is 1. The van der Waals surface area contributed by atoms with Crippen LogP contribution in [0.1, 0.15) is 42.9 Å². The quantitative estimate of drug-likeness (QED) is 0.266. The number of benzene rings is 3. The van der Waals surface area contributed by atoms with E-state index in [-0.39, 0.29) is 17.6 Å². The van der Waals surface area contributed by atoms with Gasteiger partial charge >= 0.3 is 0 Å². The van der Waals surface area contributed by atoms with Crippen molar-refractivity contribution >= 4 is 16.8 Å². The number of nitrogens with zero attached hydrogens (tertiary/aromatic N) is 2. The Hall–Kier alpha value is -3.80. The number of halogens is 1. The molecule has 1 amide bonds. The maximum absolute atomic E-state index is 13.5. The van der Waals surface area contributed by atoms with Crippen molar-refractivity contribution in [3.05, 3.63) is 95.4 Å². The number of ether oxygens (including phenoxy) is 2. The second kappa shape index (κ2) is 11.3. The van der Waals surface area contributed by atoms with Crippen LogP contribution in [0.15, 0.2) is 72.9 Å². The predicted molar refractivity (Wildman–Crippen MR) is 141 cm³/mol. The highest BCUT2D eigenvalue weighted by atomic mass is 19.1. The molecule has 36 heavy (non-hydrogen) atoms. The normalized spacial score (nSPS) is 11.9. The maximum Gasteiger partial charge on any atom is 0.223 e. The van der Waals surface area contributed by atoms with E-state index in [9.17, 15) is 9.18 Å². The minimum Gasteiger partial charge on any atom is -0.497 e.